The summed E-state index contributed by atoms with van der Waals surface area (Å²) in [6.07, 6.45) is 6.10. The summed E-state index contributed by atoms with van der Waals surface area (Å²) in [7, 11) is 0. The predicted molar refractivity (Wildman–Crippen MR) is 89.0 cm³/mol. The number of aryl methyl sites for hydroxylation is 1. The van der Waals surface area contributed by atoms with E-state index in [4.69, 9.17) is 5.73 Å². The zero-order chi connectivity index (χ0) is 14.8. The van der Waals surface area contributed by atoms with Crippen LogP contribution in [0, 0.1) is 0 Å². The monoisotopic (exact) mass is 276 g/mol. The smallest absolute Gasteiger partial charge is 0.0470 e. The lowest BCUT2D eigenvalue weighted by Gasteiger charge is -2.31. The molecule has 0 saturated carbocycles. The van der Waals surface area contributed by atoms with E-state index in [0.29, 0.717) is 12.6 Å². The van der Waals surface area contributed by atoms with Gasteiger partial charge >= 0.3 is 0 Å². The van der Waals surface area contributed by atoms with Crippen LogP contribution in [-0.2, 0) is 6.42 Å². The fourth-order valence-electron chi connectivity index (χ4n) is 2.62. The first kappa shape index (κ1) is 17.2. The molecule has 0 aromatic heterocycles. The van der Waals surface area contributed by atoms with Gasteiger partial charge in [0.2, 0.25) is 0 Å². The van der Waals surface area contributed by atoms with Crippen LogP contribution in [0.3, 0.4) is 0 Å². The van der Waals surface area contributed by atoms with Gasteiger partial charge in [0, 0.05) is 12.6 Å². The molecule has 0 spiro atoms. The van der Waals surface area contributed by atoms with Crippen molar-refractivity contribution in [3.63, 3.8) is 0 Å². The van der Waals surface area contributed by atoms with Gasteiger partial charge in [-0.25, -0.2) is 0 Å². The molecule has 0 aliphatic heterocycles. The topological polar surface area (TPSA) is 29.3 Å². The van der Waals surface area contributed by atoms with Crippen molar-refractivity contribution in [3.8, 4) is 0 Å². The Labute approximate surface area is 125 Å². The summed E-state index contributed by atoms with van der Waals surface area (Å²) in [6.45, 7) is 9.74. The molecule has 0 saturated heterocycles. The molecule has 2 N–H and O–H groups in total. The summed E-state index contributed by atoms with van der Waals surface area (Å²) >= 11 is 0. The van der Waals surface area contributed by atoms with E-state index in [9.17, 15) is 0 Å². The molecule has 0 aliphatic rings. The Morgan fingerprint density at radius 3 is 1.90 bits per heavy atom. The maximum absolute atomic E-state index is 6.08. The first-order valence-electron chi connectivity index (χ1n) is 8.29. The Bertz CT molecular complexity index is 337. The van der Waals surface area contributed by atoms with Crippen LogP contribution in [0.25, 0.3) is 0 Å². The van der Waals surface area contributed by atoms with Crippen LogP contribution in [-0.4, -0.2) is 24.5 Å². The van der Waals surface area contributed by atoms with Crippen LogP contribution in [0.5, 0.6) is 0 Å². The van der Waals surface area contributed by atoms with E-state index in [1.807, 2.05) is 0 Å². The quantitative estimate of drug-likeness (QED) is 0.695. The standard InChI is InChI=1S/C18H32N2/c1-4-7-13-20(14-8-5-2)18(15-19)17-11-9-16(6-3)10-12-17/h9-12,18H,4-8,13-15,19H2,1-3H3. The van der Waals surface area contributed by atoms with Crippen molar-refractivity contribution in [2.75, 3.05) is 19.6 Å². The minimum Gasteiger partial charge on any atom is -0.329 e. The second-order valence-electron chi connectivity index (χ2n) is 5.59. The molecule has 20 heavy (non-hydrogen) atoms. The van der Waals surface area contributed by atoms with Crippen molar-refractivity contribution in [2.45, 2.75) is 58.9 Å². The van der Waals surface area contributed by atoms with Gasteiger partial charge in [-0.05, 0) is 43.5 Å². The summed E-state index contributed by atoms with van der Waals surface area (Å²) in [5.74, 6) is 0. The molecule has 2 heteroatoms. The lowest BCUT2D eigenvalue weighted by molar-refractivity contribution is 0.195. The van der Waals surface area contributed by atoms with Crippen molar-refractivity contribution in [3.05, 3.63) is 35.4 Å². The molecule has 2 nitrogen and oxygen atoms in total. The Hall–Kier alpha value is -0.860. The van der Waals surface area contributed by atoms with Gasteiger partial charge in [0.1, 0.15) is 0 Å². The van der Waals surface area contributed by atoms with Crippen LogP contribution < -0.4 is 5.73 Å². The molecule has 0 amide bonds. The maximum Gasteiger partial charge on any atom is 0.0470 e. The van der Waals surface area contributed by atoms with Gasteiger partial charge in [0.25, 0.3) is 0 Å². The molecule has 1 aromatic carbocycles. The minimum atomic E-state index is 0.374. The summed E-state index contributed by atoms with van der Waals surface area (Å²) in [5.41, 5.74) is 8.85. The van der Waals surface area contributed by atoms with Crippen LogP contribution in [0.1, 0.15) is 63.6 Å². The van der Waals surface area contributed by atoms with Gasteiger partial charge in [-0.3, -0.25) is 4.90 Å². The largest absolute Gasteiger partial charge is 0.329 e. The number of nitrogens with two attached hydrogens (primary N) is 1. The first-order valence-corrected chi connectivity index (χ1v) is 8.29. The fraction of sp³-hybridized carbons (Fsp3) is 0.667. The average molecular weight is 276 g/mol. The lowest BCUT2D eigenvalue weighted by Crippen LogP contribution is -2.35. The van der Waals surface area contributed by atoms with E-state index in [-0.39, 0.29) is 0 Å². The molecule has 1 aromatic rings. The van der Waals surface area contributed by atoms with Crippen molar-refractivity contribution in [1.29, 1.82) is 0 Å². The highest BCUT2D eigenvalue weighted by atomic mass is 15.2. The Kier molecular flexibility index (Phi) is 8.56. The number of unbranched alkanes of at least 4 members (excludes halogenated alkanes) is 2. The molecule has 114 valence electrons. The molecule has 0 aliphatic carbocycles. The summed E-state index contributed by atoms with van der Waals surface area (Å²) < 4.78 is 0. The summed E-state index contributed by atoms with van der Waals surface area (Å²) in [6, 6.07) is 9.40. The number of rotatable bonds is 10. The first-order chi connectivity index (χ1) is 9.76. The minimum absolute atomic E-state index is 0.374. The van der Waals surface area contributed by atoms with Crippen molar-refractivity contribution < 1.29 is 0 Å². The number of nitrogens with zero attached hydrogens (tertiary/aromatic N) is 1. The van der Waals surface area contributed by atoms with Gasteiger partial charge < -0.3 is 5.73 Å². The van der Waals surface area contributed by atoms with Gasteiger partial charge in [-0.15, -0.1) is 0 Å². The molecule has 1 unspecified atom stereocenters. The summed E-state index contributed by atoms with van der Waals surface area (Å²) in [5, 5.41) is 0. The lowest BCUT2D eigenvalue weighted by atomic mass is 10.0. The van der Waals surface area contributed by atoms with Crippen LogP contribution >= 0.6 is 0 Å². The van der Waals surface area contributed by atoms with E-state index in [1.165, 1.54) is 36.8 Å². The Morgan fingerprint density at radius 2 is 1.50 bits per heavy atom. The second kappa shape index (κ2) is 9.95. The summed E-state index contributed by atoms with van der Waals surface area (Å²) in [4.78, 5) is 2.58. The second-order valence-corrected chi connectivity index (χ2v) is 5.59. The maximum atomic E-state index is 6.08. The van der Waals surface area contributed by atoms with Gasteiger partial charge in [-0.1, -0.05) is 57.9 Å². The average Bonchev–Trinajstić information content (AvgIpc) is 2.50. The van der Waals surface area contributed by atoms with E-state index >= 15 is 0 Å². The van der Waals surface area contributed by atoms with E-state index in [2.05, 4.69) is 49.9 Å². The Balaban J connectivity index is 2.80. The predicted octanol–water partition coefficient (Wildman–Crippen LogP) is 4.15. The normalized spacial score (nSPS) is 12.8. The zero-order valence-electron chi connectivity index (χ0n) is 13.6. The number of hydrogen-bond donors (Lipinski definition) is 1. The van der Waals surface area contributed by atoms with Crippen LogP contribution in [0.4, 0.5) is 0 Å². The van der Waals surface area contributed by atoms with Crippen molar-refractivity contribution in [1.82, 2.24) is 4.90 Å². The van der Waals surface area contributed by atoms with Gasteiger partial charge in [0.15, 0.2) is 0 Å². The molecular formula is C18H32N2. The molecule has 0 heterocycles. The molecule has 0 bridgehead atoms. The van der Waals surface area contributed by atoms with Gasteiger partial charge in [-0.2, -0.15) is 0 Å². The highest BCUT2D eigenvalue weighted by Gasteiger charge is 2.18. The number of benzene rings is 1. The van der Waals surface area contributed by atoms with E-state index in [1.54, 1.807) is 0 Å². The van der Waals surface area contributed by atoms with Crippen molar-refractivity contribution in [2.24, 2.45) is 5.73 Å². The fourth-order valence-corrected chi connectivity index (χ4v) is 2.62. The Morgan fingerprint density at radius 1 is 0.950 bits per heavy atom. The molecule has 1 atom stereocenters. The van der Waals surface area contributed by atoms with E-state index in [0.717, 1.165) is 19.5 Å². The van der Waals surface area contributed by atoms with Gasteiger partial charge in [0.05, 0.1) is 0 Å². The highest BCUT2D eigenvalue weighted by Crippen LogP contribution is 2.21. The van der Waals surface area contributed by atoms with E-state index < -0.39 is 0 Å². The zero-order valence-corrected chi connectivity index (χ0v) is 13.6. The molecule has 0 fully saturated rings. The third-order valence-electron chi connectivity index (χ3n) is 4.03. The third-order valence-corrected chi connectivity index (χ3v) is 4.03. The highest BCUT2D eigenvalue weighted by molar-refractivity contribution is 5.25. The van der Waals surface area contributed by atoms with Crippen LogP contribution in [0.15, 0.2) is 24.3 Å². The van der Waals surface area contributed by atoms with Crippen LogP contribution in [0.2, 0.25) is 0 Å². The molecular weight excluding hydrogens is 244 g/mol. The molecule has 1 rings (SSSR count). The third kappa shape index (κ3) is 5.26. The number of hydrogen-bond acceptors (Lipinski definition) is 2. The molecule has 0 radical (unpaired) electrons. The SMILES string of the molecule is CCCCN(CCCC)C(CN)c1ccc(CC)cc1. The van der Waals surface area contributed by atoms with Crippen molar-refractivity contribution >= 4 is 0 Å².